The first kappa shape index (κ1) is 18.3. The minimum Gasteiger partial charge on any atom is -0.358 e. The molecule has 1 aliphatic rings. The number of rotatable bonds is 5. The predicted octanol–water partition coefficient (Wildman–Crippen LogP) is 4.23. The van der Waals surface area contributed by atoms with Crippen LogP contribution in [0.3, 0.4) is 0 Å². The van der Waals surface area contributed by atoms with Gasteiger partial charge in [0.05, 0.1) is 5.75 Å². The Morgan fingerprint density at radius 2 is 1.67 bits per heavy atom. The molecule has 5 heteroatoms. The molecule has 27 heavy (non-hydrogen) atoms. The molecule has 0 atom stereocenters. The molecule has 1 N–H and O–H groups in total. The van der Waals surface area contributed by atoms with Crippen molar-refractivity contribution in [3.63, 3.8) is 0 Å². The fourth-order valence-electron chi connectivity index (χ4n) is 4.27. The number of aryl methyl sites for hydroxylation is 2. The lowest BCUT2D eigenvalue weighted by Gasteiger charge is -2.31. The van der Waals surface area contributed by atoms with Gasteiger partial charge in [-0.3, -0.25) is 0 Å². The van der Waals surface area contributed by atoms with Gasteiger partial charge >= 0.3 is 0 Å². The van der Waals surface area contributed by atoms with Crippen LogP contribution in [-0.4, -0.2) is 36.5 Å². The van der Waals surface area contributed by atoms with Crippen LogP contribution in [0.2, 0.25) is 0 Å². The number of fused-ring (bicyclic) bond motifs is 1. The van der Waals surface area contributed by atoms with Gasteiger partial charge in [-0.15, -0.1) is 0 Å². The largest absolute Gasteiger partial charge is 0.358 e. The third-order valence-electron chi connectivity index (χ3n) is 5.69. The number of hydrogen-bond donors (Lipinski definition) is 1. The van der Waals surface area contributed by atoms with E-state index in [-0.39, 0.29) is 5.75 Å². The lowest BCUT2D eigenvalue weighted by molar-refractivity contribution is 0.320. The summed E-state index contributed by atoms with van der Waals surface area (Å²) in [5.74, 6) is 0.607. The van der Waals surface area contributed by atoms with E-state index in [2.05, 4.69) is 30.1 Å². The van der Waals surface area contributed by atoms with E-state index in [4.69, 9.17) is 0 Å². The van der Waals surface area contributed by atoms with Crippen molar-refractivity contribution in [1.29, 1.82) is 0 Å². The molecule has 0 amide bonds. The van der Waals surface area contributed by atoms with Gasteiger partial charge in [0, 0.05) is 29.7 Å². The number of nitrogens with zero attached hydrogens (tertiary/aromatic N) is 1. The summed E-state index contributed by atoms with van der Waals surface area (Å²) >= 11 is 0. The van der Waals surface area contributed by atoms with Gasteiger partial charge in [0.15, 0.2) is 0 Å². The van der Waals surface area contributed by atoms with E-state index in [9.17, 15) is 8.42 Å². The molecule has 0 bridgehead atoms. The van der Waals surface area contributed by atoms with Gasteiger partial charge in [0.25, 0.3) is 0 Å². The third-order valence-corrected chi connectivity index (χ3v) is 7.56. The summed E-state index contributed by atoms with van der Waals surface area (Å²) in [5, 5.41) is 1.28. The SMILES string of the molecule is Cc1[nH]c2ccccc2c1C1CCN(S(=O)(=O)CCc2ccccc2)CC1. The van der Waals surface area contributed by atoms with Crippen LogP contribution in [0, 0.1) is 6.92 Å². The highest BCUT2D eigenvalue weighted by atomic mass is 32.2. The first-order chi connectivity index (χ1) is 13.0. The third kappa shape index (κ3) is 3.80. The molecule has 4 nitrogen and oxygen atoms in total. The van der Waals surface area contributed by atoms with E-state index in [1.807, 2.05) is 36.4 Å². The van der Waals surface area contributed by atoms with Crippen LogP contribution >= 0.6 is 0 Å². The van der Waals surface area contributed by atoms with Crippen molar-refractivity contribution in [2.75, 3.05) is 18.8 Å². The van der Waals surface area contributed by atoms with E-state index in [0.29, 0.717) is 25.4 Å². The highest BCUT2D eigenvalue weighted by Gasteiger charge is 2.30. The van der Waals surface area contributed by atoms with Gasteiger partial charge in [-0.2, -0.15) is 0 Å². The van der Waals surface area contributed by atoms with Gasteiger partial charge in [0.1, 0.15) is 0 Å². The number of benzene rings is 2. The number of nitrogens with one attached hydrogen (secondary N) is 1. The smallest absolute Gasteiger partial charge is 0.214 e. The van der Waals surface area contributed by atoms with Gasteiger partial charge in [0.2, 0.25) is 10.0 Å². The van der Waals surface area contributed by atoms with Gasteiger partial charge < -0.3 is 4.98 Å². The first-order valence-electron chi connectivity index (χ1n) is 9.63. The molecular weight excluding hydrogens is 356 g/mol. The molecule has 1 aromatic heterocycles. The highest BCUT2D eigenvalue weighted by Crippen LogP contribution is 2.36. The number of piperidine rings is 1. The monoisotopic (exact) mass is 382 g/mol. The van der Waals surface area contributed by atoms with E-state index < -0.39 is 10.0 Å². The molecule has 2 aromatic carbocycles. The highest BCUT2D eigenvalue weighted by molar-refractivity contribution is 7.89. The van der Waals surface area contributed by atoms with Crippen molar-refractivity contribution >= 4 is 20.9 Å². The fourth-order valence-corrected chi connectivity index (χ4v) is 5.79. The minimum atomic E-state index is -3.20. The Bertz CT molecular complexity index is 1020. The van der Waals surface area contributed by atoms with Crippen LogP contribution in [0.25, 0.3) is 10.9 Å². The molecule has 0 radical (unpaired) electrons. The van der Waals surface area contributed by atoms with Gasteiger partial charge in [-0.1, -0.05) is 48.5 Å². The minimum absolute atomic E-state index is 0.188. The van der Waals surface area contributed by atoms with E-state index >= 15 is 0 Å². The number of H-pyrrole nitrogens is 1. The van der Waals surface area contributed by atoms with Crippen LogP contribution in [0.5, 0.6) is 0 Å². The quantitative estimate of drug-likeness (QED) is 0.718. The summed E-state index contributed by atoms with van der Waals surface area (Å²) in [6.45, 7) is 3.35. The van der Waals surface area contributed by atoms with Crippen molar-refractivity contribution < 1.29 is 8.42 Å². The molecule has 142 valence electrons. The standard InChI is InChI=1S/C22H26N2O2S/c1-17-22(20-9-5-6-10-21(20)23-17)19-11-14-24(15-12-19)27(25,26)16-13-18-7-3-2-4-8-18/h2-10,19,23H,11-16H2,1H3. The summed E-state index contributed by atoms with van der Waals surface area (Å²) in [7, 11) is -3.20. The average molecular weight is 383 g/mol. The predicted molar refractivity (Wildman–Crippen MR) is 111 cm³/mol. The summed E-state index contributed by atoms with van der Waals surface area (Å²) in [4.78, 5) is 3.47. The topological polar surface area (TPSA) is 53.2 Å². The Hall–Kier alpha value is -2.11. The Balaban J connectivity index is 1.43. The Morgan fingerprint density at radius 1 is 1.00 bits per heavy atom. The van der Waals surface area contributed by atoms with Crippen LogP contribution in [0.4, 0.5) is 0 Å². The molecule has 4 rings (SSSR count). The van der Waals surface area contributed by atoms with Crippen LogP contribution < -0.4 is 0 Å². The number of aromatic nitrogens is 1. The second kappa shape index (κ2) is 7.49. The number of aromatic amines is 1. The van der Waals surface area contributed by atoms with Crippen LogP contribution in [-0.2, 0) is 16.4 Å². The zero-order valence-electron chi connectivity index (χ0n) is 15.7. The molecular formula is C22H26N2O2S. The Labute approximate surface area is 161 Å². The second-order valence-electron chi connectivity index (χ2n) is 7.43. The van der Waals surface area contributed by atoms with Crippen LogP contribution in [0.1, 0.15) is 35.6 Å². The summed E-state index contributed by atoms with van der Waals surface area (Å²) in [6.07, 6.45) is 2.34. The summed E-state index contributed by atoms with van der Waals surface area (Å²) in [6, 6.07) is 18.2. The van der Waals surface area contributed by atoms with Crippen molar-refractivity contribution in [2.45, 2.75) is 32.1 Å². The zero-order valence-corrected chi connectivity index (χ0v) is 16.5. The lowest BCUT2D eigenvalue weighted by Crippen LogP contribution is -2.39. The number of sulfonamides is 1. The summed E-state index contributed by atoms with van der Waals surface area (Å²) < 4.78 is 27.2. The Kier molecular flexibility index (Phi) is 5.06. The molecule has 1 fully saturated rings. The second-order valence-corrected chi connectivity index (χ2v) is 9.52. The molecule has 0 aliphatic carbocycles. The maximum absolute atomic E-state index is 12.8. The van der Waals surface area contributed by atoms with Crippen molar-refractivity contribution in [2.24, 2.45) is 0 Å². The van der Waals surface area contributed by atoms with E-state index in [1.165, 1.54) is 22.2 Å². The molecule has 2 heterocycles. The normalized spacial score (nSPS) is 16.8. The molecule has 1 saturated heterocycles. The number of para-hydroxylation sites is 1. The first-order valence-corrected chi connectivity index (χ1v) is 11.2. The molecule has 0 unspecified atom stereocenters. The van der Waals surface area contributed by atoms with E-state index in [1.54, 1.807) is 4.31 Å². The number of hydrogen-bond acceptors (Lipinski definition) is 2. The van der Waals surface area contributed by atoms with Crippen molar-refractivity contribution in [3.05, 3.63) is 71.4 Å². The lowest BCUT2D eigenvalue weighted by atomic mass is 9.88. The zero-order chi connectivity index (χ0) is 18.9. The maximum Gasteiger partial charge on any atom is 0.214 e. The van der Waals surface area contributed by atoms with Crippen LogP contribution in [0.15, 0.2) is 54.6 Å². The average Bonchev–Trinajstić information content (AvgIpc) is 3.03. The molecule has 0 saturated carbocycles. The summed E-state index contributed by atoms with van der Waals surface area (Å²) in [5.41, 5.74) is 4.82. The fraction of sp³-hybridized carbons (Fsp3) is 0.364. The Morgan fingerprint density at radius 3 is 2.41 bits per heavy atom. The molecule has 1 aliphatic heterocycles. The molecule has 3 aromatic rings. The maximum atomic E-state index is 12.8. The van der Waals surface area contributed by atoms with Gasteiger partial charge in [-0.05, 0) is 49.3 Å². The van der Waals surface area contributed by atoms with Crippen molar-refractivity contribution in [1.82, 2.24) is 9.29 Å². The molecule has 0 spiro atoms. The van der Waals surface area contributed by atoms with E-state index in [0.717, 1.165) is 18.4 Å². The van der Waals surface area contributed by atoms with Gasteiger partial charge in [-0.25, -0.2) is 12.7 Å². The van der Waals surface area contributed by atoms with Crippen molar-refractivity contribution in [3.8, 4) is 0 Å².